The predicted molar refractivity (Wildman–Crippen MR) is 165 cm³/mol. The Kier molecular flexibility index (Phi) is 8.33. The molecule has 1 spiro atoms. The van der Waals surface area contributed by atoms with Crippen LogP contribution in [0.15, 0.2) is 53.4 Å². The molecule has 7 nitrogen and oxygen atoms in total. The van der Waals surface area contributed by atoms with E-state index in [1.807, 2.05) is 13.0 Å². The normalized spacial score (nSPS) is 31.8. The summed E-state index contributed by atoms with van der Waals surface area (Å²) in [6.45, 7) is 3.96. The van der Waals surface area contributed by atoms with Gasteiger partial charge in [0.25, 0.3) is 10.0 Å². The zero-order valence-corrected chi connectivity index (χ0v) is 26.1. The summed E-state index contributed by atoms with van der Waals surface area (Å²) in [6, 6.07) is 11.2. The number of sulfonamides is 1. The smallest absolute Gasteiger partial charge is 0.264 e. The van der Waals surface area contributed by atoms with Crippen molar-refractivity contribution < 1.29 is 22.7 Å². The van der Waals surface area contributed by atoms with Gasteiger partial charge >= 0.3 is 0 Å². The number of ether oxygens (including phenoxy) is 2. The van der Waals surface area contributed by atoms with Crippen molar-refractivity contribution >= 4 is 33.2 Å². The van der Waals surface area contributed by atoms with Gasteiger partial charge < -0.3 is 14.4 Å². The van der Waals surface area contributed by atoms with E-state index in [0.29, 0.717) is 30.7 Å². The molecule has 2 aliphatic carbocycles. The van der Waals surface area contributed by atoms with E-state index in [2.05, 4.69) is 33.9 Å². The van der Waals surface area contributed by atoms with Gasteiger partial charge in [0.1, 0.15) is 5.75 Å². The van der Waals surface area contributed by atoms with Gasteiger partial charge in [-0.2, -0.15) is 0 Å². The average molecular weight is 613 g/mol. The number of methoxy groups -OCH3 is 1. The standard InChI is InChI=1S/C33H41ClN2O5S/c1-22-6-3-4-8-30(40-2)27-12-9-24(27)19-36-20-33(15-5-7-23-17-25(34)10-13-28(23)33)21-41-31-14-11-26(18-29(31)36)42(38,39)35-32(37)16-22/h4,8,10-11,13-14,17-18,22,24,27,30H,3,5-7,9,12,15-16,19-21H2,1-2H3,(H,35,37)/b8-4+/t22-,24-,27+,30+,33-/m0/s1. The van der Waals surface area contributed by atoms with Crippen molar-refractivity contribution in [1.82, 2.24) is 4.72 Å². The number of rotatable bonds is 1. The number of aryl methyl sites for hydroxylation is 1. The van der Waals surface area contributed by atoms with E-state index in [-0.39, 0.29) is 28.8 Å². The molecule has 1 amide bonds. The quantitative estimate of drug-likeness (QED) is 0.396. The summed E-state index contributed by atoms with van der Waals surface area (Å²) in [4.78, 5) is 15.2. The first-order chi connectivity index (χ1) is 20.2. The first-order valence-electron chi connectivity index (χ1n) is 15.2. The first-order valence-corrected chi connectivity index (χ1v) is 17.1. The number of anilines is 1. The molecule has 0 radical (unpaired) electrons. The van der Waals surface area contributed by atoms with Gasteiger partial charge in [0.05, 0.1) is 23.3 Å². The minimum atomic E-state index is -4.04. The minimum absolute atomic E-state index is 0.0268. The van der Waals surface area contributed by atoms with E-state index in [1.54, 1.807) is 25.3 Å². The summed E-state index contributed by atoms with van der Waals surface area (Å²) in [5.41, 5.74) is 3.04. The highest BCUT2D eigenvalue weighted by Crippen LogP contribution is 2.47. The Morgan fingerprint density at radius 1 is 1.14 bits per heavy atom. The van der Waals surface area contributed by atoms with Gasteiger partial charge in [-0.25, -0.2) is 13.1 Å². The number of hydrogen-bond acceptors (Lipinski definition) is 6. The largest absolute Gasteiger partial charge is 0.490 e. The number of amides is 1. The van der Waals surface area contributed by atoms with Crippen LogP contribution in [0.4, 0.5) is 5.69 Å². The lowest BCUT2D eigenvalue weighted by molar-refractivity contribution is -0.120. The Hall–Kier alpha value is -2.55. The van der Waals surface area contributed by atoms with E-state index in [4.69, 9.17) is 21.1 Å². The van der Waals surface area contributed by atoms with Crippen molar-refractivity contribution in [2.24, 2.45) is 17.8 Å². The molecule has 226 valence electrons. The van der Waals surface area contributed by atoms with Crippen molar-refractivity contribution in [2.45, 2.75) is 74.7 Å². The molecule has 1 saturated carbocycles. The number of benzene rings is 2. The molecule has 0 saturated heterocycles. The number of fused-ring (bicyclic) bond motifs is 4. The van der Waals surface area contributed by atoms with Crippen LogP contribution in [0, 0.1) is 17.8 Å². The molecule has 2 bridgehead atoms. The van der Waals surface area contributed by atoms with Crippen LogP contribution in [-0.2, 0) is 31.4 Å². The van der Waals surface area contributed by atoms with Crippen molar-refractivity contribution in [2.75, 3.05) is 31.7 Å². The Balaban J connectivity index is 1.42. The van der Waals surface area contributed by atoms with Crippen LogP contribution in [-0.4, -0.2) is 47.2 Å². The molecular formula is C33H41ClN2O5S. The highest BCUT2D eigenvalue weighted by atomic mass is 35.5. The highest BCUT2D eigenvalue weighted by Gasteiger charge is 2.44. The Labute approximate surface area is 254 Å². The molecule has 2 aromatic rings. The Bertz CT molecular complexity index is 1480. The summed E-state index contributed by atoms with van der Waals surface area (Å²) in [7, 11) is -2.26. The fourth-order valence-corrected chi connectivity index (χ4v) is 8.68. The summed E-state index contributed by atoms with van der Waals surface area (Å²) in [6.07, 6.45) is 11.3. The van der Waals surface area contributed by atoms with Crippen LogP contribution < -0.4 is 14.4 Å². The molecule has 0 aromatic heterocycles. The molecule has 5 atom stereocenters. The third kappa shape index (κ3) is 5.82. The number of carbonyl (C=O) groups excluding carboxylic acids is 1. The monoisotopic (exact) mass is 612 g/mol. The fraction of sp³-hybridized carbons (Fsp3) is 0.545. The molecule has 1 fully saturated rings. The van der Waals surface area contributed by atoms with Crippen LogP contribution in [0.3, 0.4) is 0 Å². The van der Waals surface area contributed by atoms with Gasteiger partial charge in [-0.1, -0.05) is 36.7 Å². The molecule has 0 unspecified atom stereocenters. The molecular weight excluding hydrogens is 572 g/mol. The maximum absolute atomic E-state index is 13.4. The zero-order chi connectivity index (χ0) is 29.5. The summed E-state index contributed by atoms with van der Waals surface area (Å²) in [5.74, 6) is 1.02. The van der Waals surface area contributed by atoms with Gasteiger partial charge in [-0.05, 0) is 104 Å². The van der Waals surface area contributed by atoms with E-state index in [0.717, 1.165) is 62.2 Å². The molecule has 4 aliphatic rings. The number of nitrogens with one attached hydrogen (secondary N) is 1. The molecule has 9 heteroatoms. The van der Waals surface area contributed by atoms with Crippen LogP contribution in [0.25, 0.3) is 0 Å². The van der Waals surface area contributed by atoms with Crippen molar-refractivity contribution in [3.8, 4) is 5.75 Å². The lowest BCUT2D eigenvalue weighted by atomic mass is 9.68. The van der Waals surface area contributed by atoms with Crippen LogP contribution in [0.1, 0.15) is 63.0 Å². The molecule has 6 rings (SSSR count). The summed E-state index contributed by atoms with van der Waals surface area (Å²) >= 11 is 6.40. The van der Waals surface area contributed by atoms with Gasteiger partial charge in [0.15, 0.2) is 0 Å². The van der Waals surface area contributed by atoms with Gasteiger partial charge in [0.2, 0.25) is 5.91 Å². The summed E-state index contributed by atoms with van der Waals surface area (Å²) < 4.78 is 41.7. The van der Waals surface area contributed by atoms with Gasteiger partial charge in [-0.15, -0.1) is 0 Å². The molecule has 2 aliphatic heterocycles. The van der Waals surface area contributed by atoms with Crippen molar-refractivity contribution in [3.63, 3.8) is 0 Å². The van der Waals surface area contributed by atoms with Gasteiger partial charge in [0, 0.05) is 37.1 Å². The zero-order valence-electron chi connectivity index (χ0n) is 24.5. The second-order valence-corrected chi connectivity index (χ2v) is 14.9. The fourth-order valence-electron chi connectivity index (χ4n) is 7.47. The number of carbonyl (C=O) groups is 1. The van der Waals surface area contributed by atoms with E-state index >= 15 is 0 Å². The maximum atomic E-state index is 13.4. The molecule has 2 aromatic carbocycles. The van der Waals surface area contributed by atoms with Crippen LogP contribution in [0.2, 0.25) is 5.02 Å². The number of allylic oxidation sites excluding steroid dienone is 1. The maximum Gasteiger partial charge on any atom is 0.264 e. The second-order valence-electron chi connectivity index (χ2n) is 12.8. The van der Waals surface area contributed by atoms with Gasteiger partial charge in [-0.3, -0.25) is 4.79 Å². The first kappa shape index (κ1) is 29.5. The van der Waals surface area contributed by atoms with E-state index < -0.39 is 15.9 Å². The third-order valence-corrected chi connectivity index (χ3v) is 11.5. The average Bonchev–Trinajstić information content (AvgIpc) is 3.08. The van der Waals surface area contributed by atoms with Crippen molar-refractivity contribution in [3.05, 3.63) is 64.7 Å². The van der Waals surface area contributed by atoms with Crippen LogP contribution in [0.5, 0.6) is 5.75 Å². The molecule has 1 N–H and O–H groups in total. The topological polar surface area (TPSA) is 84.9 Å². The summed E-state index contributed by atoms with van der Waals surface area (Å²) in [5, 5.41) is 0.742. The Morgan fingerprint density at radius 3 is 2.79 bits per heavy atom. The SMILES string of the molecule is CO[C@@H]1/C=C/CC[C@H](C)CC(=O)NS(=O)(=O)c2ccc3c(c2)N(C[C@@H]2CC[C@H]21)C[C@@]1(CCCc2cc(Cl)ccc21)CO3. The van der Waals surface area contributed by atoms with Crippen LogP contribution >= 0.6 is 11.6 Å². The Morgan fingerprint density at radius 2 is 2.00 bits per heavy atom. The molecule has 2 heterocycles. The van der Waals surface area contributed by atoms with Crippen molar-refractivity contribution in [1.29, 1.82) is 0 Å². The van der Waals surface area contributed by atoms with E-state index in [1.165, 1.54) is 11.1 Å². The lowest BCUT2D eigenvalue weighted by Crippen LogP contribution is -2.49. The molecule has 42 heavy (non-hydrogen) atoms. The predicted octanol–water partition coefficient (Wildman–Crippen LogP) is 6.04. The number of nitrogens with zero attached hydrogens (tertiary/aromatic N) is 1. The number of hydrogen-bond donors (Lipinski definition) is 1. The minimum Gasteiger partial charge on any atom is -0.490 e. The second kappa shape index (κ2) is 11.9. The van der Waals surface area contributed by atoms with E-state index in [9.17, 15) is 13.2 Å². The highest BCUT2D eigenvalue weighted by molar-refractivity contribution is 7.90. The number of halogens is 1. The third-order valence-electron chi connectivity index (χ3n) is 9.88. The lowest BCUT2D eigenvalue weighted by Gasteiger charge is -2.46.